The number of aromatic nitrogens is 3. The minimum Gasteiger partial charge on any atom is -0.478 e. The number of aromatic carboxylic acids is 1. The summed E-state index contributed by atoms with van der Waals surface area (Å²) in [6.45, 7) is 0. The molecule has 0 aliphatic heterocycles. The van der Waals surface area contributed by atoms with Gasteiger partial charge in [-0.25, -0.2) is 13.9 Å². The molecule has 0 saturated heterocycles. The van der Waals surface area contributed by atoms with Gasteiger partial charge in [-0.1, -0.05) is 18.9 Å². The highest BCUT2D eigenvalue weighted by atomic mass is 19.1. The molecule has 30 heavy (non-hydrogen) atoms. The zero-order valence-corrected chi connectivity index (χ0v) is 16.3. The molecule has 0 bridgehead atoms. The average molecular weight is 401 g/mol. The maximum Gasteiger partial charge on any atom is 0.335 e. The van der Waals surface area contributed by atoms with E-state index in [-0.39, 0.29) is 11.7 Å². The molecule has 1 aliphatic carbocycles. The van der Waals surface area contributed by atoms with Gasteiger partial charge in [-0.2, -0.15) is 5.10 Å². The van der Waals surface area contributed by atoms with Crippen molar-refractivity contribution in [2.24, 2.45) is 0 Å². The normalized spacial score (nSPS) is 14.4. The predicted octanol–water partition coefficient (Wildman–Crippen LogP) is 5.58. The minimum absolute atomic E-state index is 0.283. The van der Waals surface area contributed by atoms with E-state index >= 15 is 0 Å². The average Bonchev–Trinajstić information content (AvgIpc) is 3.43. The Balaban J connectivity index is 1.63. The Kier molecular flexibility index (Phi) is 4.54. The molecular formula is C24H20FN3O2. The molecule has 5 rings (SSSR count). The molecule has 1 fully saturated rings. The van der Waals surface area contributed by atoms with Crippen molar-refractivity contribution in [3.05, 3.63) is 77.9 Å². The van der Waals surface area contributed by atoms with Crippen molar-refractivity contribution in [1.29, 1.82) is 0 Å². The highest BCUT2D eigenvalue weighted by Crippen LogP contribution is 2.38. The Morgan fingerprint density at radius 2 is 1.83 bits per heavy atom. The molecule has 2 aromatic carbocycles. The largest absolute Gasteiger partial charge is 0.478 e. The fourth-order valence-electron chi connectivity index (χ4n) is 4.38. The quantitative estimate of drug-likeness (QED) is 0.485. The maximum absolute atomic E-state index is 13.3. The van der Waals surface area contributed by atoms with Crippen LogP contribution in [-0.4, -0.2) is 25.8 Å². The van der Waals surface area contributed by atoms with E-state index in [1.807, 2.05) is 24.4 Å². The Morgan fingerprint density at radius 3 is 2.57 bits per heavy atom. The van der Waals surface area contributed by atoms with Gasteiger partial charge in [0.05, 0.1) is 17.4 Å². The van der Waals surface area contributed by atoms with E-state index in [0.29, 0.717) is 5.56 Å². The molecule has 2 aromatic heterocycles. The van der Waals surface area contributed by atoms with E-state index in [1.165, 1.54) is 12.1 Å². The van der Waals surface area contributed by atoms with Gasteiger partial charge in [-0.05, 0) is 72.4 Å². The maximum atomic E-state index is 13.3. The molecule has 0 spiro atoms. The van der Waals surface area contributed by atoms with Crippen LogP contribution in [0.3, 0.4) is 0 Å². The molecule has 150 valence electrons. The number of carboxylic acids is 1. The smallest absolute Gasteiger partial charge is 0.335 e. The van der Waals surface area contributed by atoms with E-state index in [9.17, 15) is 14.3 Å². The van der Waals surface area contributed by atoms with E-state index < -0.39 is 5.97 Å². The van der Waals surface area contributed by atoms with Crippen LogP contribution < -0.4 is 0 Å². The molecule has 0 radical (unpaired) electrons. The van der Waals surface area contributed by atoms with Crippen molar-refractivity contribution in [1.82, 2.24) is 14.8 Å². The summed E-state index contributed by atoms with van der Waals surface area (Å²) in [7, 11) is 0. The molecule has 0 atom stereocenters. The Morgan fingerprint density at radius 1 is 1.07 bits per heavy atom. The Labute approximate surface area is 172 Å². The van der Waals surface area contributed by atoms with Crippen molar-refractivity contribution in [3.8, 4) is 16.8 Å². The van der Waals surface area contributed by atoms with E-state index in [4.69, 9.17) is 0 Å². The summed E-state index contributed by atoms with van der Waals surface area (Å²) >= 11 is 0. The van der Waals surface area contributed by atoms with Gasteiger partial charge in [0.15, 0.2) is 0 Å². The number of carboxylic acid groups (broad SMARTS) is 1. The number of halogens is 1. The second kappa shape index (κ2) is 7.37. The SMILES string of the molecule is O=C(O)c1ccc(-c2ccnc3cn(-c4ccc(F)cc4)nc23)cc1C1CCCC1. The second-order valence-corrected chi connectivity index (χ2v) is 7.73. The number of benzene rings is 2. The summed E-state index contributed by atoms with van der Waals surface area (Å²) in [6.07, 6.45) is 7.86. The summed E-state index contributed by atoms with van der Waals surface area (Å²) in [4.78, 5) is 16.2. The number of pyridine rings is 1. The summed E-state index contributed by atoms with van der Waals surface area (Å²) in [5.74, 6) is -0.902. The lowest BCUT2D eigenvalue weighted by Gasteiger charge is -2.15. The van der Waals surface area contributed by atoms with Crippen LogP contribution in [0.1, 0.15) is 47.5 Å². The summed E-state index contributed by atoms with van der Waals surface area (Å²) in [5, 5.41) is 14.3. The van der Waals surface area contributed by atoms with Crippen molar-refractivity contribution in [2.75, 3.05) is 0 Å². The fraction of sp³-hybridized carbons (Fsp3) is 0.208. The summed E-state index contributed by atoms with van der Waals surface area (Å²) in [5.41, 5.74) is 5.31. The first-order valence-corrected chi connectivity index (χ1v) is 10.1. The van der Waals surface area contributed by atoms with Gasteiger partial charge in [0.1, 0.15) is 16.9 Å². The second-order valence-electron chi connectivity index (χ2n) is 7.73. The zero-order chi connectivity index (χ0) is 20.7. The molecule has 1 N–H and O–H groups in total. The van der Waals surface area contributed by atoms with Crippen LogP contribution in [0.4, 0.5) is 4.39 Å². The van der Waals surface area contributed by atoms with Crippen LogP contribution in [0.2, 0.25) is 0 Å². The third-order valence-electron chi connectivity index (χ3n) is 5.88. The van der Waals surface area contributed by atoms with Crippen LogP contribution in [0.15, 0.2) is 60.9 Å². The third-order valence-corrected chi connectivity index (χ3v) is 5.88. The highest BCUT2D eigenvalue weighted by Gasteiger charge is 2.23. The van der Waals surface area contributed by atoms with E-state index in [2.05, 4.69) is 10.1 Å². The predicted molar refractivity (Wildman–Crippen MR) is 112 cm³/mol. The molecule has 0 unspecified atom stereocenters. The van der Waals surface area contributed by atoms with E-state index in [0.717, 1.165) is 59.1 Å². The number of hydrogen-bond donors (Lipinski definition) is 1. The van der Waals surface area contributed by atoms with Gasteiger partial charge in [0, 0.05) is 11.8 Å². The molecule has 1 aliphatic rings. The molecular weight excluding hydrogens is 381 g/mol. The minimum atomic E-state index is -0.885. The van der Waals surface area contributed by atoms with Crippen molar-refractivity contribution < 1.29 is 14.3 Å². The summed E-state index contributed by atoms with van der Waals surface area (Å²) < 4.78 is 14.9. The van der Waals surface area contributed by atoms with Crippen LogP contribution in [-0.2, 0) is 0 Å². The lowest BCUT2D eigenvalue weighted by Crippen LogP contribution is -2.06. The molecule has 4 aromatic rings. The number of fused-ring (bicyclic) bond motifs is 1. The molecule has 0 amide bonds. The number of rotatable bonds is 4. The van der Waals surface area contributed by atoms with Crippen molar-refractivity contribution in [3.63, 3.8) is 0 Å². The van der Waals surface area contributed by atoms with Gasteiger partial charge >= 0.3 is 5.97 Å². The van der Waals surface area contributed by atoms with E-state index in [1.54, 1.807) is 29.1 Å². The standard InChI is InChI=1S/C24H20FN3O2/c25-17-6-8-18(9-7-17)28-14-22-23(27-28)19(11-12-26-22)16-5-10-20(24(29)30)21(13-16)15-3-1-2-4-15/h5-15H,1-4H2,(H,29,30). The van der Waals surface area contributed by atoms with Crippen molar-refractivity contribution in [2.45, 2.75) is 31.6 Å². The van der Waals surface area contributed by atoms with Gasteiger partial charge in [-0.15, -0.1) is 0 Å². The highest BCUT2D eigenvalue weighted by molar-refractivity contribution is 5.94. The number of nitrogens with zero attached hydrogens (tertiary/aromatic N) is 3. The first-order valence-electron chi connectivity index (χ1n) is 10.1. The van der Waals surface area contributed by atoms with Gasteiger partial charge in [0.2, 0.25) is 0 Å². The molecule has 1 saturated carbocycles. The lowest BCUT2D eigenvalue weighted by atomic mass is 9.89. The van der Waals surface area contributed by atoms with Crippen LogP contribution in [0, 0.1) is 5.82 Å². The first kappa shape index (κ1) is 18.5. The zero-order valence-electron chi connectivity index (χ0n) is 16.3. The van der Waals surface area contributed by atoms with Gasteiger partial charge < -0.3 is 5.11 Å². The molecule has 2 heterocycles. The van der Waals surface area contributed by atoms with Crippen LogP contribution in [0.5, 0.6) is 0 Å². The Hall–Kier alpha value is -3.54. The van der Waals surface area contributed by atoms with Gasteiger partial charge in [-0.3, -0.25) is 4.98 Å². The van der Waals surface area contributed by atoms with Crippen LogP contribution in [0.25, 0.3) is 27.8 Å². The van der Waals surface area contributed by atoms with Crippen LogP contribution >= 0.6 is 0 Å². The third kappa shape index (κ3) is 3.24. The summed E-state index contributed by atoms with van der Waals surface area (Å²) in [6, 6.07) is 13.6. The van der Waals surface area contributed by atoms with Crippen molar-refractivity contribution >= 4 is 17.0 Å². The molecule has 6 heteroatoms. The lowest BCUT2D eigenvalue weighted by molar-refractivity contribution is 0.0695. The van der Waals surface area contributed by atoms with Gasteiger partial charge in [0.25, 0.3) is 0 Å². The Bertz CT molecular complexity index is 1240. The topological polar surface area (TPSA) is 68.0 Å². The number of carbonyl (C=O) groups is 1. The first-order chi connectivity index (χ1) is 14.6. The fourth-order valence-corrected chi connectivity index (χ4v) is 4.38. The molecule has 5 nitrogen and oxygen atoms in total. The monoisotopic (exact) mass is 401 g/mol. The number of hydrogen-bond acceptors (Lipinski definition) is 3.